The maximum Gasteiger partial charge on any atom is 0.245 e. The molecule has 22 heavy (non-hydrogen) atoms. The molecule has 0 N–H and O–H groups in total. The summed E-state index contributed by atoms with van der Waals surface area (Å²) in [6.45, 7) is 6.64. The zero-order valence-electron chi connectivity index (χ0n) is 15.0. The van der Waals surface area contributed by atoms with E-state index in [1.807, 2.05) is 13.8 Å². The van der Waals surface area contributed by atoms with Gasteiger partial charge in [0.2, 0.25) is 5.91 Å². The molecule has 0 unspecified atom stereocenters. The third kappa shape index (κ3) is 12.8. The number of rotatable bonds is 15. The van der Waals surface area contributed by atoms with Crippen molar-refractivity contribution in [3.8, 4) is 0 Å². The van der Waals surface area contributed by atoms with E-state index in [2.05, 4.69) is 12.2 Å². The molecule has 0 aromatic carbocycles. The van der Waals surface area contributed by atoms with Crippen molar-refractivity contribution < 1.29 is 4.79 Å². The molecule has 0 saturated heterocycles. The van der Waals surface area contributed by atoms with Crippen molar-refractivity contribution in [2.45, 2.75) is 97.8 Å². The summed E-state index contributed by atoms with van der Waals surface area (Å²) < 4.78 is 0. The van der Waals surface area contributed by atoms with Gasteiger partial charge in [0.15, 0.2) is 0 Å². The van der Waals surface area contributed by atoms with Gasteiger partial charge in [0, 0.05) is 6.42 Å². The summed E-state index contributed by atoms with van der Waals surface area (Å²) in [5.41, 5.74) is 0. The highest BCUT2D eigenvalue weighted by Crippen LogP contribution is 2.12. The van der Waals surface area contributed by atoms with Crippen LogP contribution in [0, 0.1) is 10.8 Å². The van der Waals surface area contributed by atoms with Crippen LogP contribution in [0.25, 0.3) is 0 Å². The van der Waals surface area contributed by atoms with Crippen LogP contribution in [0.4, 0.5) is 0 Å². The van der Waals surface area contributed by atoms with Crippen molar-refractivity contribution in [3.63, 3.8) is 0 Å². The van der Waals surface area contributed by atoms with Gasteiger partial charge >= 0.3 is 0 Å². The number of carbonyl (C=O) groups excluding carboxylic acids is 1. The Balaban J connectivity index is 3.41. The predicted molar refractivity (Wildman–Crippen MR) is 93.4 cm³/mol. The van der Waals surface area contributed by atoms with E-state index in [0.717, 1.165) is 17.9 Å². The first-order valence-corrected chi connectivity index (χ1v) is 9.25. The molecule has 0 heterocycles. The van der Waals surface area contributed by atoms with E-state index in [1.54, 1.807) is 0 Å². The molecule has 0 bridgehead atoms. The molecular weight excluding hydrogens is 276 g/mol. The Labute approximate surface area is 137 Å². The number of nitrogens with zero attached hydrogens (tertiary/aromatic N) is 2. The second-order valence-corrected chi connectivity index (χ2v) is 6.74. The second kappa shape index (κ2) is 15.0. The number of nitroso groups, excluding NO2 is 1. The Kier molecular flexibility index (Phi) is 14.4. The molecule has 0 aliphatic carbocycles. The minimum absolute atomic E-state index is 0.125. The third-order valence-corrected chi connectivity index (χ3v) is 3.92. The van der Waals surface area contributed by atoms with E-state index < -0.39 is 0 Å². The van der Waals surface area contributed by atoms with Crippen LogP contribution in [0.2, 0.25) is 0 Å². The molecule has 0 atom stereocenters. The number of hydrogen-bond donors (Lipinski definition) is 0. The van der Waals surface area contributed by atoms with E-state index in [9.17, 15) is 9.70 Å². The number of hydrogen-bond acceptors (Lipinski definition) is 3. The Morgan fingerprint density at radius 2 is 1.32 bits per heavy atom. The first-order valence-electron chi connectivity index (χ1n) is 9.25. The fraction of sp³-hybridized carbons (Fsp3) is 0.944. The molecule has 0 aliphatic rings. The second-order valence-electron chi connectivity index (χ2n) is 6.74. The summed E-state index contributed by atoms with van der Waals surface area (Å²) in [6.07, 6.45) is 14.4. The quantitative estimate of drug-likeness (QED) is 0.216. The molecule has 0 rings (SSSR count). The Bertz CT molecular complexity index is 280. The standard InChI is InChI=1S/C18H36N2O2/c1-4-5-6-7-8-9-10-11-12-13-14-15-18(21)20(19-22)16-17(2)3/h17H,4-16H2,1-3H3. The van der Waals surface area contributed by atoms with Gasteiger partial charge in [0.05, 0.1) is 11.8 Å². The Hall–Kier alpha value is -0.930. The van der Waals surface area contributed by atoms with Crippen LogP contribution in [0.15, 0.2) is 5.29 Å². The average Bonchev–Trinajstić information content (AvgIpc) is 2.49. The molecule has 0 aromatic heterocycles. The molecule has 0 radical (unpaired) electrons. The summed E-state index contributed by atoms with van der Waals surface area (Å²) in [6, 6.07) is 0. The van der Waals surface area contributed by atoms with E-state index in [-0.39, 0.29) is 11.8 Å². The third-order valence-electron chi connectivity index (χ3n) is 3.92. The van der Waals surface area contributed by atoms with Crippen LogP contribution in [0.3, 0.4) is 0 Å². The smallest absolute Gasteiger partial charge is 0.245 e. The minimum Gasteiger partial charge on any atom is -0.273 e. The van der Waals surface area contributed by atoms with Crippen LogP contribution in [-0.2, 0) is 4.79 Å². The van der Waals surface area contributed by atoms with Crippen molar-refractivity contribution in [2.75, 3.05) is 6.54 Å². The van der Waals surface area contributed by atoms with Crippen molar-refractivity contribution in [3.05, 3.63) is 4.91 Å². The Morgan fingerprint density at radius 3 is 1.73 bits per heavy atom. The summed E-state index contributed by atoms with van der Waals surface area (Å²) in [4.78, 5) is 22.4. The molecule has 4 nitrogen and oxygen atoms in total. The van der Waals surface area contributed by atoms with Crippen LogP contribution in [-0.4, -0.2) is 17.5 Å². The van der Waals surface area contributed by atoms with Crippen LogP contribution >= 0.6 is 0 Å². The van der Waals surface area contributed by atoms with Crippen molar-refractivity contribution in [2.24, 2.45) is 11.2 Å². The summed E-state index contributed by atoms with van der Waals surface area (Å²) in [5.74, 6) is 0.151. The number of amides is 1. The molecule has 1 amide bonds. The summed E-state index contributed by atoms with van der Waals surface area (Å²) in [5, 5.41) is 3.92. The normalized spacial score (nSPS) is 10.9. The van der Waals surface area contributed by atoms with Gasteiger partial charge in [-0.1, -0.05) is 85.0 Å². The first kappa shape index (κ1) is 21.1. The van der Waals surface area contributed by atoms with E-state index in [0.29, 0.717) is 13.0 Å². The number of unbranched alkanes of at least 4 members (excludes halogenated alkanes) is 10. The van der Waals surface area contributed by atoms with Crippen LogP contribution in [0.5, 0.6) is 0 Å². The van der Waals surface area contributed by atoms with Gasteiger partial charge in [-0.05, 0) is 12.3 Å². The van der Waals surface area contributed by atoms with Gasteiger partial charge in [-0.25, -0.2) is 0 Å². The van der Waals surface area contributed by atoms with E-state index in [4.69, 9.17) is 0 Å². The highest BCUT2D eigenvalue weighted by Gasteiger charge is 2.14. The minimum atomic E-state index is -0.125. The summed E-state index contributed by atoms with van der Waals surface area (Å²) >= 11 is 0. The summed E-state index contributed by atoms with van der Waals surface area (Å²) in [7, 11) is 0. The lowest BCUT2D eigenvalue weighted by Crippen LogP contribution is -2.28. The van der Waals surface area contributed by atoms with E-state index >= 15 is 0 Å². The lowest BCUT2D eigenvalue weighted by atomic mass is 10.1. The molecule has 130 valence electrons. The predicted octanol–water partition coefficient (Wildman–Crippen LogP) is 5.85. The highest BCUT2D eigenvalue weighted by atomic mass is 16.3. The molecule has 0 saturated carbocycles. The fourth-order valence-electron chi connectivity index (χ4n) is 2.60. The van der Waals surface area contributed by atoms with Crippen molar-refractivity contribution in [1.82, 2.24) is 5.01 Å². The zero-order chi connectivity index (χ0) is 16.6. The number of carbonyl (C=O) groups is 1. The first-order chi connectivity index (χ1) is 10.6. The van der Waals surface area contributed by atoms with Gasteiger partial charge in [0.25, 0.3) is 0 Å². The molecule has 0 spiro atoms. The largest absolute Gasteiger partial charge is 0.273 e. The van der Waals surface area contributed by atoms with Crippen molar-refractivity contribution >= 4 is 5.91 Å². The van der Waals surface area contributed by atoms with Crippen LogP contribution < -0.4 is 0 Å². The lowest BCUT2D eigenvalue weighted by Gasteiger charge is -2.15. The maximum absolute atomic E-state index is 11.8. The van der Waals surface area contributed by atoms with Gasteiger partial charge in [-0.2, -0.15) is 5.01 Å². The van der Waals surface area contributed by atoms with Crippen LogP contribution in [0.1, 0.15) is 97.8 Å². The molecule has 0 fully saturated rings. The van der Waals surface area contributed by atoms with Gasteiger partial charge in [-0.15, -0.1) is 4.91 Å². The topological polar surface area (TPSA) is 49.7 Å². The molecule has 0 aliphatic heterocycles. The van der Waals surface area contributed by atoms with Crippen molar-refractivity contribution in [1.29, 1.82) is 0 Å². The molecule has 0 aromatic rings. The van der Waals surface area contributed by atoms with E-state index in [1.165, 1.54) is 57.8 Å². The lowest BCUT2D eigenvalue weighted by molar-refractivity contribution is -0.132. The highest BCUT2D eigenvalue weighted by molar-refractivity contribution is 5.75. The zero-order valence-corrected chi connectivity index (χ0v) is 15.0. The van der Waals surface area contributed by atoms with Gasteiger partial charge in [0.1, 0.15) is 0 Å². The average molecular weight is 312 g/mol. The van der Waals surface area contributed by atoms with Gasteiger partial charge < -0.3 is 0 Å². The SMILES string of the molecule is CCCCCCCCCCCCCC(=O)N(CC(C)C)N=O. The molecular formula is C18H36N2O2. The molecule has 4 heteroatoms. The fourth-order valence-corrected chi connectivity index (χ4v) is 2.60. The Morgan fingerprint density at radius 1 is 0.864 bits per heavy atom. The maximum atomic E-state index is 11.8. The van der Waals surface area contributed by atoms with Gasteiger partial charge in [-0.3, -0.25) is 4.79 Å². The monoisotopic (exact) mass is 312 g/mol.